The molecule has 1 aromatic carbocycles. The number of rotatable bonds is 4. The van der Waals surface area contributed by atoms with Gasteiger partial charge in [-0.05, 0) is 24.6 Å². The number of aromatic nitrogens is 1. The number of benzene rings is 1. The molecule has 0 saturated heterocycles. The van der Waals surface area contributed by atoms with Crippen molar-refractivity contribution < 1.29 is 9.32 Å². The van der Waals surface area contributed by atoms with Crippen LogP contribution < -0.4 is 10.6 Å². The molecule has 0 fully saturated rings. The van der Waals surface area contributed by atoms with Crippen LogP contribution in [0.3, 0.4) is 0 Å². The summed E-state index contributed by atoms with van der Waals surface area (Å²) in [6.07, 6.45) is 0. The molecule has 0 unspecified atom stereocenters. The van der Waals surface area contributed by atoms with Crippen molar-refractivity contribution in [1.82, 2.24) is 5.16 Å². The number of carbonyl (C=O) groups is 1. The molecule has 0 aliphatic carbocycles. The minimum atomic E-state index is -0.212. The lowest BCUT2D eigenvalue weighted by Gasteiger charge is -2.12. The van der Waals surface area contributed by atoms with Crippen LogP contribution in [-0.4, -0.2) is 17.6 Å². The van der Waals surface area contributed by atoms with E-state index in [0.717, 1.165) is 16.9 Å². The van der Waals surface area contributed by atoms with Gasteiger partial charge in [-0.2, -0.15) is 0 Å². The Morgan fingerprint density at radius 1 is 1.32 bits per heavy atom. The fourth-order valence-corrected chi connectivity index (χ4v) is 2.00. The van der Waals surface area contributed by atoms with Crippen molar-refractivity contribution in [3.8, 4) is 0 Å². The lowest BCUT2D eigenvalue weighted by molar-refractivity contribution is -0.114. The van der Waals surface area contributed by atoms with E-state index < -0.39 is 0 Å². The molecule has 0 aliphatic rings. The molecule has 0 saturated carbocycles. The van der Waals surface area contributed by atoms with E-state index in [1.54, 1.807) is 12.1 Å². The number of hydrogen-bond acceptors (Lipinski definition) is 4. The molecule has 0 radical (unpaired) electrons. The van der Waals surface area contributed by atoms with Crippen LogP contribution in [0.15, 0.2) is 28.8 Å². The molecule has 0 aliphatic heterocycles. The topological polar surface area (TPSA) is 67.2 Å². The molecule has 1 amide bonds. The largest absolute Gasteiger partial charge is 0.376 e. The zero-order valence-corrected chi connectivity index (χ0v) is 13.9. The van der Waals surface area contributed by atoms with Gasteiger partial charge in [-0.25, -0.2) is 0 Å². The maximum Gasteiger partial charge on any atom is 0.246 e. The van der Waals surface area contributed by atoms with E-state index in [4.69, 9.17) is 16.1 Å². The zero-order chi connectivity index (χ0) is 16.3. The lowest BCUT2D eigenvalue weighted by Crippen LogP contribution is -2.21. The molecule has 6 heteroatoms. The van der Waals surface area contributed by atoms with E-state index in [-0.39, 0.29) is 17.9 Å². The quantitative estimate of drug-likeness (QED) is 0.893. The van der Waals surface area contributed by atoms with Crippen molar-refractivity contribution in [3.63, 3.8) is 0 Å². The van der Waals surface area contributed by atoms with Gasteiger partial charge in [0.05, 0.1) is 12.2 Å². The summed E-state index contributed by atoms with van der Waals surface area (Å²) >= 11 is 5.94. The van der Waals surface area contributed by atoms with Gasteiger partial charge in [0, 0.05) is 22.2 Å². The third-order valence-corrected chi connectivity index (χ3v) is 3.42. The van der Waals surface area contributed by atoms with Gasteiger partial charge in [0.15, 0.2) is 0 Å². The summed E-state index contributed by atoms with van der Waals surface area (Å²) in [7, 11) is 0. The first-order chi connectivity index (χ1) is 10.3. The number of hydrogen-bond donors (Lipinski definition) is 2. The van der Waals surface area contributed by atoms with Gasteiger partial charge in [-0.1, -0.05) is 43.6 Å². The maximum absolute atomic E-state index is 11.9. The van der Waals surface area contributed by atoms with E-state index in [1.807, 2.05) is 39.8 Å². The molecule has 0 bridgehead atoms. The number of carbonyl (C=O) groups excluding carboxylic acids is 1. The average Bonchev–Trinajstić information content (AvgIpc) is 2.88. The monoisotopic (exact) mass is 321 g/mol. The van der Waals surface area contributed by atoms with Gasteiger partial charge in [0.1, 0.15) is 0 Å². The van der Waals surface area contributed by atoms with Crippen LogP contribution in [0.25, 0.3) is 0 Å². The fourth-order valence-electron chi connectivity index (χ4n) is 1.83. The van der Waals surface area contributed by atoms with E-state index >= 15 is 0 Å². The van der Waals surface area contributed by atoms with Gasteiger partial charge in [0.25, 0.3) is 0 Å². The molecule has 0 atom stereocenters. The molecule has 2 rings (SSSR count). The Hall–Kier alpha value is -2.01. The Morgan fingerprint density at radius 3 is 2.68 bits per heavy atom. The van der Waals surface area contributed by atoms with E-state index in [1.165, 1.54) is 0 Å². The first-order valence-corrected chi connectivity index (χ1v) is 7.40. The predicted molar refractivity (Wildman–Crippen MR) is 88.5 cm³/mol. The Kier molecular flexibility index (Phi) is 4.76. The number of halogens is 1. The summed E-state index contributed by atoms with van der Waals surface area (Å²) in [6, 6.07) is 7.23. The molecule has 1 heterocycles. The number of amides is 1. The Morgan fingerprint density at radius 2 is 2.05 bits per heavy atom. The number of nitrogens with zero attached hydrogens (tertiary/aromatic N) is 1. The molecule has 5 nitrogen and oxygen atoms in total. The molecular formula is C16H20ClN3O2. The minimum Gasteiger partial charge on any atom is -0.376 e. The standard InChI is InChI=1S/C16H20ClN3O2/c1-10-5-6-11(17)7-12(10)18-9-14(21)19-15-8-13(20-22-15)16(2,3)4/h5-8,18H,9H2,1-4H3,(H,19,21). The molecular weight excluding hydrogens is 302 g/mol. The van der Waals surface area contributed by atoms with Crippen molar-refractivity contribution in [2.75, 3.05) is 17.2 Å². The molecule has 118 valence electrons. The smallest absolute Gasteiger partial charge is 0.246 e. The molecule has 2 N–H and O–H groups in total. The van der Waals surface area contributed by atoms with Gasteiger partial charge in [0.2, 0.25) is 11.8 Å². The minimum absolute atomic E-state index is 0.118. The molecule has 22 heavy (non-hydrogen) atoms. The second-order valence-electron chi connectivity index (χ2n) is 6.19. The van der Waals surface area contributed by atoms with Crippen molar-refractivity contribution in [1.29, 1.82) is 0 Å². The van der Waals surface area contributed by atoms with Crippen LogP contribution in [0.2, 0.25) is 5.02 Å². The summed E-state index contributed by atoms with van der Waals surface area (Å²) in [6.45, 7) is 8.15. The normalized spacial score (nSPS) is 11.3. The van der Waals surface area contributed by atoms with Crippen LogP contribution in [0.5, 0.6) is 0 Å². The summed E-state index contributed by atoms with van der Waals surface area (Å²) in [5.41, 5.74) is 2.52. The second kappa shape index (κ2) is 6.40. The average molecular weight is 322 g/mol. The van der Waals surface area contributed by atoms with Crippen LogP contribution in [-0.2, 0) is 10.2 Å². The number of aryl methyl sites for hydroxylation is 1. The maximum atomic E-state index is 11.9. The zero-order valence-electron chi connectivity index (χ0n) is 13.2. The highest BCUT2D eigenvalue weighted by molar-refractivity contribution is 6.30. The van der Waals surface area contributed by atoms with Gasteiger partial charge < -0.3 is 9.84 Å². The SMILES string of the molecule is Cc1ccc(Cl)cc1NCC(=O)Nc1cc(C(C)(C)C)no1. The summed E-state index contributed by atoms with van der Waals surface area (Å²) in [5, 5.41) is 10.3. The summed E-state index contributed by atoms with van der Waals surface area (Å²) < 4.78 is 5.13. The summed E-state index contributed by atoms with van der Waals surface area (Å²) in [5.74, 6) is 0.135. The van der Waals surface area contributed by atoms with Crippen LogP contribution in [0.4, 0.5) is 11.6 Å². The Labute approximate surface area is 135 Å². The third kappa shape index (κ3) is 4.24. The van der Waals surface area contributed by atoms with Gasteiger partial charge in [-0.3, -0.25) is 10.1 Å². The van der Waals surface area contributed by atoms with Gasteiger partial charge >= 0.3 is 0 Å². The number of nitrogens with one attached hydrogen (secondary N) is 2. The third-order valence-electron chi connectivity index (χ3n) is 3.18. The molecule has 1 aromatic heterocycles. The van der Waals surface area contributed by atoms with E-state index in [0.29, 0.717) is 10.9 Å². The lowest BCUT2D eigenvalue weighted by atomic mass is 9.92. The number of anilines is 2. The Bertz CT molecular complexity index is 674. The summed E-state index contributed by atoms with van der Waals surface area (Å²) in [4.78, 5) is 11.9. The van der Waals surface area contributed by atoms with Crippen LogP contribution in [0, 0.1) is 6.92 Å². The highest BCUT2D eigenvalue weighted by atomic mass is 35.5. The first kappa shape index (κ1) is 16.4. The van der Waals surface area contributed by atoms with E-state index in [2.05, 4.69) is 15.8 Å². The second-order valence-corrected chi connectivity index (χ2v) is 6.62. The highest BCUT2D eigenvalue weighted by Crippen LogP contribution is 2.23. The van der Waals surface area contributed by atoms with Crippen molar-refractivity contribution in [3.05, 3.63) is 40.5 Å². The highest BCUT2D eigenvalue weighted by Gasteiger charge is 2.19. The predicted octanol–water partition coefficient (Wildman–Crippen LogP) is 3.98. The van der Waals surface area contributed by atoms with Crippen LogP contribution >= 0.6 is 11.6 Å². The van der Waals surface area contributed by atoms with Crippen LogP contribution in [0.1, 0.15) is 32.0 Å². The molecule has 0 spiro atoms. The van der Waals surface area contributed by atoms with E-state index in [9.17, 15) is 4.79 Å². The van der Waals surface area contributed by atoms with Crippen molar-refractivity contribution in [2.45, 2.75) is 33.1 Å². The first-order valence-electron chi connectivity index (χ1n) is 7.03. The van der Waals surface area contributed by atoms with Crippen molar-refractivity contribution in [2.24, 2.45) is 0 Å². The fraction of sp³-hybridized carbons (Fsp3) is 0.375. The van der Waals surface area contributed by atoms with Crippen molar-refractivity contribution >= 4 is 29.1 Å². The Balaban J connectivity index is 1.93. The van der Waals surface area contributed by atoms with Gasteiger partial charge in [-0.15, -0.1) is 0 Å². The molecule has 2 aromatic rings.